The third-order valence-electron chi connectivity index (χ3n) is 2.42. The van der Waals surface area contributed by atoms with Crippen molar-refractivity contribution in [2.75, 3.05) is 0 Å². The van der Waals surface area contributed by atoms with Gasteiger partial charge in [0.2, 0.25) is 10.0 Å². The van der Waals surface area contributed by atoms with Crippen LogP contribution in [0.25, 0.3) is 0 Å². The minimum Gasteiger partial charge on any atom is -0.481 e. The molecule has 0 saturated carbocycles. The summed E-state index contributed by atoms with van der Waals surface area (Å²) in [5.41, 5.74) is 0.251. The molecule has 102 valence electrons. The normalized spacial score (nSPS) is 12.6. The van der Waals surface area contributed by atoms with Crippen molar-refractivity contribution in [2.24, 2.45) is 0 Å². The molecule has 0 spiro atoms. The lowest BCUT2D eigenvalue weighted by Crippen LogP contribution is -2.33. The summed E-state index contributed by atoms with van der Waals surface area (Å²) >= 11 is 0. The van der Waals surface area contributed by atoms with Crippen molar-refractivity contribution in [3.05, 3.63) is 29.8 Å². The molecule has 0 saturated heterocycles. The number of hydrogen-bond donors (Lipinski definition) is 2. The smallest absolute Gasteiger partial charge is 0.303 e. The molecular weight excluding hydrogens is 268 g/mol. The lowest BCUT2D eigenvalue weighted by Gasteiger charge is -2.13. The summed E-state index contributed by atoms with van der Waals surface area (Å²) in [6.07, 6.45) is 0.0917. The number of rotatable bonds is 6. The van der Waals surface area contributed by atoms with Crippen molar-refractivity contribution in [3.63, 3.8) is 0 Å². The predicted octanol–water partition coefficient (Wildman–Crippen LogP) is 1.09. The van der Waals surface area contributed by atoms with E-state index in [1.807, 2.05) is 6.07 Å². The number of nitriles is 1. The first-order valence-electron chi connectivity index (χ1n) is 5.59. The van der Waals surface area contributed by atoms with Gasteiger partial charge in [0.25, 0.3) is 0 Å². The molecule has 0 amide bonds. The molecule has 0 aliphatic rings. The molecule has 19 heavy (non-hydrogen) atoms. The topological polar surface area (TPSA) is 107 Å². The number of nitrogens with zero attached hydrogens (tertiary/aromatic N) is 1. The highest BCUT2D eigenvalue weighted by molar-refractivity contribution is 7.89. The number of carbonyl (C=O) groups is 1. The molecule has 0 fully saturated rings. The van der Waals surface area contributed by atoms with E-state index < -0.39 is 22.0 Å². The average Bonchev–Trinajstić information content (AvgIpc) is 2.36. The van der Waals surface area contributed by atoms with Gasteiger partial charge >= 0.3 is 5.97 Å². The maximum absolute atomic E-state index is 12.0. The first-order chi connectivity index (χ1) is 8.85. The number of sulfonamides is 1. The Hall–Kier alpha value is -1.91. The summed E-state index contributed by atoms with van der Waals surface area (Å²) in [6.45, 7) is 1.59. The van der Waals surface area contributed by atoms with Gasteiger partial charge in [0.05, 0.1) is 16.5 Å². The standard InChI is InChI=1S/C12H14N2O4S/c1-9(5-6-12(15)16)14-19(17,18)11-4-2-3-10(7-11)8-13/h2-4,7,9,14H,5-6H2,1H3,(H,15,16). The van der Waals surface area contributed by atoms with E-state index in [1.165, 1.54) is 24.3 Å². The quantitative estimate of drug-likeness (QED) is 0.812. The number of carboxylic acids is 1. The van der Waals surface area contributed by atoms with Gasteiger partial charge in [0.15, 0.2) is 0 Å². The van der Waals surface area contributed by atoms with Gasteiger partial charge in [0.1, 0.15) is 0 Å². The van der Waals surface area contributed by atoms with Crippen LogP contribution in [0.1, 0.15) is 25.3 Å². The minimum absolute atomic E-state index is 0.00581. The first kappa shape index (κ1) is 15.1. The fraction of sp³-hybridized carbons (Fsp3) is 0.333. The largest absolute Gasteiger partial charge is 0.481 e. The SMILES string of the molecule is CC(CCC(=O)O)NS(=O)(=O)c1cccc(C#N)c1. The van der Waals surface area contributed by atoms with Gasteiger partial charge < -0.3 is 5.11 Å². The van der Waals surface area contributed by atoms with Crippen molar-refractivity contribution in [2.45, 2.75) is 30.7 Å². The van der Waals surface area contributed by atoms with Crippen LogP contribution >= 0.6 is 0 Å². The Morgan fingerprint density at radius 2 is 2.21 bits per heavy atom. The van der Waals surface area contributed by atoms with Crippen molar-refractivity contribution >= 4 is 16.0 Å². The zero-order chi connectivity index (χ0) is 14.5. The summed E-state index contributed by atoms with van der Waals surface area (Å²) in [5, 5.41) is 17.3. The summed E-state index contributed by atoms with van der Waals surface area (Å²) < 4.78 is 26.4. The maximum Gasteiger partial charge on any atom is 0.303 e. The molecular formula is C12H14N2O4S. The molecule has 0 aromatic heterocycles. The van der Waals surface area contributed by atoms with Crippen LogP contribution in [-0.2, 0) is 14.8 Å². The molecule has 1 unspecified atom stereocenters. The van der Waals surface area contributed by atoms with Crippen molar-refractivity contribution in [3.8, 4) is 6.07 Å². The van der Waals surface area contributed by atoms with Crippen molar-refractivity contribution < 1.29 is 18.3 Å². The first-order valence-corrected chi connectivity index (χ1v) is 7.08. The molecule has 1 aromatic carbocycles. The molecule has 0 bridgehead atoms. The fourth-order valence-electron chi connectivity index (χ4n) is 1.46. The molecule has 0 heterocycles. The highest BCUT2D eigenvalue weighted by atomic mass is 32.2. The molecule has 2 N–H and O–H groups in total. The second kappa shape index (κ2) is 6.31. The van der Waals surface area contributed by atoms with Crippen LogP contribution in [0.2, 0.25) is 0 Å². The third-order valence-corrected chi connectivity index (χ3v) is 4.01. The van der Waals surface area contributed by atoms with Crippen LogP contribution in [-0.4, -0.2) is 25.5 Å². The van der Waals surface area contributed by atoms with E-state index in [-0.39, 0.29) is 23.3 Å². The Morgan fingerprint density at radius 1 is 1.53 bits per heavy atom. The van der Waals surface area contributed by atoms with Gasteiger partial charge in [-0.25, -0.2) is 13.1 Å². The molecule has 0 aliphatic heterocycles. The van der Waals surface area contributed by atoms with Crippen molar-refractivity contribution in [1.29, 1.82) is 5.26 Å². The zero-order valence-electron chi connectivity index (χ0n) is 10.3. The van der Waals surface area contributed by atoms with E-state index >= 15 is 0 Å². The number of hydrogen-bond acceptors (Lipinski definition) is 4. The van der Waals surface area contributed by atoms with E-state index in [1.54, 1.807) is 6.92 Å². The Morgan fingerprint density at radius 3 is 2.79 bits per heavy atom. The highest BCUT2D eigenvalue weighted by Crippen LogP contribution is 2.12. The number of aliphatic carboxylic acids is 1. The number of nitrogens with one attached hydrogen (secondary N) is 1. The van der Waals surface area contributed by atoms with Gasteiger partial charge in [-0.2, -0.15) is 5.26 Å². The van der Waals surface area contributed by atoms with Crippen LogP contribution < -0.4 is 4.72 Å². The number of benzene rings is 1. The molecule has 1 atom stereocenters. The van der Waals surface area contributed by atoms with Gasteiger partial charge in [-0.15, -0.1) is 0 Å². The number of carboxylic acid groups (broad SMARTS) is 1. The molecule has 6 nitrogen and oxygen atoms in total. The Bertz CT molecular complexity index is 604. The third kappa shape index (κ3) is 4.69. The molecule has 0 radical (unpaired) electrons. The van der Waals surface area contributed by atoms with Crippen LogP contribution in [0.15, 0.2) is 29.2 Å². The summed E-state index contributed by atoms with van der Waals surface area (Å²) in [6, 6.07) is 7.01. The second-order valence-electron chi connectivity index (χ2n) is 4.09. The van der Waals surface area contributed by atoms with E-state index in [0.717, 1.165) is 0 Å². The maximum atomic E-state index is 12.0. The Kier molecular flexibility index (Phi) is 5.03. The van der Waals surface area contributed by atoms with Gasteiger partial charge in [-0.1, -0.05) is 6.07 Å². The van der Waals surface area contributed by atoms with E-state index in [2.05, 4.69) is 4.72 Å². The average molecular weight is 282 g/mol. The Balaban J connectivity index is 2.81. The minimum atomic E-state index is -3.73. The second-order valence-corrected chi connectivity index (χ2v) is 5.81. The van der Waals surface area contributed by atoms with Crippen LogP contribution in [0, 0.1) is 11.3 Å². The summed E-state index contributed by atoms with van der Waals surface area (Å²) in [5.74, 6) is -0.975. The zero-order valence-corrected chi connectivity index (χ0v) is 11.1. The van der Waals surface area contributed by atoms with Gasteiger partial charge in [-0.05, 0) is 31.5 Å². The lowest BCUT2D eigenvalue weighted by atomic mass is 10.2. The lowest BCUT2D eigenvalue weighted by molar-refractivity contribution is -0.137. The molecule has 7 heteroatoms. The monoisotopic (exact) mass is 282 g/mol. The van der Waals surface area contributed by atoms with Gasteiger partial charge in [0, 0.05) is 12.5 Å². The molecule has 1 rings (SSSR count). The fourth-order valence-corrected chi connectivity index (χ4v) is 2.79. The van der Waals surface area contributed by atoms with E-state index in [4.69, 9.17) is 10.4 Å². The van der Waals surface area contributed by atoms with Gasteiger partial charge in [-0.3, -0.25) is 4.79 Å². The molecule has 0 aliphatic carbocycles. The van der Waals surface area contributed by atoms with E-state index in [0.29, 0.717) is 0 Å². The predicted molar refractivity (Wildman–Crippen MR) is 67.8 cm³/mol. The van der Waals surface area contributed by atoms with E-state index in [9.17, 15) is 13.2 Å². The van der Waals surface area contributed by atoms with Crippen LogP contribution in [0.5, 0.6) is 0 Å². The summed E-state index contributed by atoms with van der Waals surface area (Å²) in [7, 11) is -3.73. The van der Waals surface area contributed by atoms with Crippen LogP contribution in [0.3, 0.4) is 0 Å². The van der Waals surface area contributed by atoms with Crippen LogP contribution in [0.4, 0.5) is 0 Å². The Labute approximate surface area is 111 Å². The highest BCUT2D eigenvalue weighted by Gasteiger charge is 2.18. The van der Waals surface area contributed by atoms with Crippen molar-refractivity contribution in [1.82, 2.24) is 4.72 Å². The summed E-state index contributed by atoms with van der Waals surface area (Å²) in [4.78, 5) is 10.4. The molecule has 1 aromatic rings.